The highest BCUT2D eigenvalue weighted by atomic mass is 32.1. The lowest BCUT2D eigenvalue weighted by Crippen LogP contribution is -2.24. The number of carbonyl (C=O) groups excluding carboxylic acids is 1. The molecule has 8 nitrogen and oxygen atoms in total. The molecule has 126 valence electrons. The van der Waals surface area contributed by atoms with Crippen LogP contribution in [0.3, 0.4) is 0 Å². The summed E-state index contributed by atoms with van der Waals surface area (Å²) in [7, 11) is 0. The van der Waals surface area contributed by atoms with E-state index in [1.165, 1.54) is 11.3 Å². The lowest BCUT2D eigenvalue weighted by molar-refractivity contribution is 0.0778. The molecule has 5 N–H and O–H groups in total. The van der Waals surface area contributed by atoms with Crippen LogP contribution < -0.4 is 16.8 Å². The number of carbonyl (C=O) groups is 1. The highest BCUT2D eigenvalue weighted by Gasteiger charge is 2.35. The highest BCUT2D eigenvalue weighted by Crippen LogP contribution is 2.45. The van der Waals surface area contributed by atoms with Gasteiger partial charge in [0.15, 0.2) is 0 Å². The van der Waals surface area contributed by atoms with E-state index >= 15 is 0 Å². The third-order valence-electron chi connectivity index (χ3n) is 3.50. The number of ether oxygens (including phenoxy) is 2. The summed E-state index contributed by atoms with van der Waals surface area (Å²) in [6.07, 6.45) is -0.770. The average molecular weight is 347 g/mol. The fourth-order valence-corrected chi connectivity index (χ4v) is 3.40. The number of hydrogen-bond donors (Lipinski definition) is 3. The van der Waals surface area contributed by atoms with E-state index in [1.54, 1.807) is 13.8 Å². The molecule has 9 heteroatoms. The predicted octanol–water partition coefficient (Wildman–Crippen LogP) is 2.66. The summed E-state index contributed by atoms with van der Waals surface area (Å²) in [5.74, 6) is 0.814. The van der Waals surface area contributed by atoms with Gasteiger partial charge in [-0.05, 0) is 25.3 Å². The monoisotopic (exact) mass is 347 g/mol. The molecule has 1 aliphatic heterocycles. The van der Waals surface area contributed by atoms with Gasteiger partial charge < -0.3 is 26.3 Å². The van der Waals surface area contributed by atoms with Gasteiger partial charge in [0.05, 0.1) is 23.8 Å². The number of thiophene rings is 1. The van der Waals surface area contributed by atoms with E-state index in [9.17, 15) is 4.79 Å². The van der Waals surface area contributed by atoms with Gasteiger partial charge in [0.1, 0.15) is 17.4 Å². The SMILES string of the molecule is CCOC(=O)OC1=C(C)Nc2nc(N)nc(N)c2C1c1cccs1. The molecule has 2 aromatic rings. The Labute approximate surface area is 142 Å². The number of nitrogens with zero attached hydrogens (tertiary/aromatic N) is 2. The Balaban J connectivity index is 2.12. The number of allylic oxidation sites excluding steroid dienone is 2. The normalized spacial score (nSPS) is 16.3. The molecule has 0 bridgehead atoms. The fraction of sp³-hybridized carbons (Fsp3) is 0.267. The zero-order valence-corrected chi connectivity index (χ0v) is 14.0. The first-order valence-electron chi connectivity index (χ1n) is 7.30. The minimum absolute atomic E-state index is 0.0752. The lowest BCUT2D eigenvalue weighted by Gasteiger charge is -2.29. The van der Waals surface area contributed by atoms with Gasteiger partial charge in [0, 0.05) is 4.88 Å². The number of nitrogens with two attached hydrogens (primary N) is 2. The number of rotatable bonds is 3. The molecule has 0 aliphatic carbocycles. The molecule has 2 aromatic heterocycles. The van der Waals surface area contributed by atoms with Gasteiger partial charge in [-0.2, -0.15) is 9.97 Å². The number of fused-ring (bicyclic) bond motifs is 1. The van der Waals surface area contributed by atoms with Crippen LogP contribution in [0.5, 0.6) is 0 Å². The summed E-state index contributed by atoms with van der Waals surface area (Å²) in [6.45, 7) is 3.72. The first-order chi connectivity index (χ1) is 11.5. The zero-order valence-electron chi connectivity index (χ0n) is 13.2. The van der Waals surface area contributed by atoms with Crippen molar-refractivity contribution in [2.75, 3.05) is 23.4 Å². The summed E-state index contributed by atoms with van der Waals surface area (Å²) in [5.41, 5.74) is 13.0. The summed E-state index contributed by atoms with van der Waals surface area (Å²) < 4.78 is 10.3. The van der Waals surface area contributed by atoms with Crippen molar-refractivity contribution in [3.8, 4) is 0 Å². The van der Waals surface area contributed by atoms with Crippen molar-refractivity contribution in [3.05, 3.63) is 39.4 Å². The van der Waals surface area contributed by atoms with Crippen molar-refractivity contribution in [1.82, 2.24) is 9.97 Å². The van der Waals surface area contributed by atoms with Crippen LogP contribution in [0, 0.1) is 0 Å². The summed E-state index contributed by atoms with van der Waals surface area (Å²) in [5, 5.41) is 5.00. The maximum Gasteiger partial charge on any atom is 0.513 e. The van der Waals surface area contributed by atoms with Crippen LogP contribution in [-0.2, 0) is 9.47 Å². The summed E-state index contributed by atoms with van der Waals surface area (Å²) in [4.78, 5) is 21.0. The third-order valence-corrected chi connectivity index (χ3v) is 4.44. The van der Waals surface area contributed by atoms with E-state index in [0.29, 0.717) is 22.8 Å². The van der Waals surface area contributed by atoms with Crippen molar-refractivity contribution in [2.24, 2.45) is 0 Å². The Morgan fingerprint density at radius 1 is 1.42 bits per heavy atom. The number of anilines is 3. The second-order valence-corrected chi connectivity index (χ2v) is 6.06. The molecule has 1 atom stereocenters. The van der Waals surface area contributed by atoms with Crippen LogP contribution in [0.4, 0.5) is 22.4 Å². The van der Waals surface area contributed by atoms with Crippen LogP contribution in [0.1, 0.15) is 30.2 Å². The molecule has 24 heavy (non-hydrogen) atoms. The van der Waals surface area contributed by atoms with Gasteiger partial charge in [-0.25, -0.2) is 4.79 Å². The average Bonchev–Trinajstić information content (AvgIpc) is 3.02. The summed E-state index contributed by atoms with van der Waals surface area (Å²) in [6, 6.07) is 3.84. The van der Waals surface area contributed by atoms with Gasteiger partial charge in [-0.15, -0.1) is 11.3 Å². The zero-order chi connectivity index (χ0) is 17.3. The molecule has 0 saturated heterocycles. The van der Waals surface area contributed by atoms with E-state index in [-0.39, 0.29) is 18.4 Å². The van der Waals surface area contributed by atoms with Crippen LogP contribution >= 0.6 is 11.3 Å². The standard InChI is InChI=1S/C15H17N5O3S/c1-3-22-15(21)23-11-7(2)18-13-10(12(16)19-14(17)20-13)9(11)8-5-4-6-24-8/h4-6,9H,3H2,1-2H3,(H5,16,17,18,19,20). The first kappa shape index (κ1) is 16.1. The Morgan fingerprint density at radius 3 is 2.88 bits per heavy atom. The maximum absolute atomic E-state index is 11.8. The number of hydrogen-bond acceptors (Lipinski definition) is 9. The van der Waals surface area contributed by atoms with E-state index < -0.39 is 12.1 Å². The van der Waals surface area contributed by atoms with Crippen LogP contribution in [0.2, 0.25) is 0 Å². The Morgan fingerprint density at radius 2 is 2.21 bits per heavy atom. The molecule has 0 saturated carbocycles. The Bertz CT molecular complexity index is 804. The van der Waals surface area contributed by atoms with Gasteiger partial charge in [0.2, 0.25) is 5.95 Å². The van der Waals surface area contributed by atoms with Crippen molar-refractivity contribution in [1.29, 1.82) is 0 Å². The molecular weight excluding hydrogens is 330 g/mol. The van der Waals surface area contributed by atoms with E-state index in [4.69, 9.17) is 20.9 Å². The molecule has 0 spiro atoms. The largest absolute Gasteiger partial charge is 0.513 e. The second-order valence-electron chi connectivity index (χ2n) is 5.08. The minimum Gasteiger partial charge on any atom is -0.434 e. The maximum atomic E-state index is 11.8. The fourth-order valence-electron chi connectivity index (χ4n) is 2.57. The predicted molar refractivity (Wildman–Crippen MR) is 91.4 cm³/mol. The van der Waals surface area contributed by atoms with Crippen molar-refractivity contribution in [3.63, 3.8) is 0 Å². The molecule has 0 aromatic carbocycles. The van der Waals surface area contributed by atoms with E-state index in [2.05, 4.69) is 15.3 Å². The number of aromatic nitrogens is 2. The first-order valence-corrected chi connectivity index (χ1v) is 8.17. The van der Waals surface area contributed by atoms with Crippen LogP contribution in [-0.4, -0.2) is 22.7 Å². The van der Waals surface area contributed by atoms with Crippen LogP contribution in [0.15, 0.2) is 29.0 Å². The molecular formula is C15H17N5O3S. The van der Waals surface area contributed by atoms with Gasteiger partial charge in [-0.1, -0.05) is 6.07 Å². The third kappa shape index (κ3) is 2.85. The molecule has 0 radical (unpaired) electrons. The molecule has 3 heterocycles. The lowest BCUT2D eigenvalue weighted by atomic mass is 9.92. The Kier molecular flexibility index (Phi) is 4.26. The van der Waals surface area contributed by atoms with Crippen molar-refractivity contribution in [2.45, 2.75) is 19.8 Å². The topological polar surface area (TPSA) is 125 Å². The molecule has 0 amide bonds. The number of nitrogens with one attached hydrogen (secondary N) is 1. The van der Waals surface area contributed by atoms with Gasteiger partial charge in [0.25, 0.3) is 0 Å². The van der Waals surface area contributed by atoms with Crippen LogP contribution in [0.25, 0.3) is 0 Å². The van der Waals surface area contributed by atoms with E-state index in [1.807, 2.05) is 17.5 Å². The van der Waals surface area contributed by atoms with Crippen molar-refractivity contribution < 1.29 is 14.3 Å². The smallest absolute Gasteiger partial charge is 0.434 e. The van der Waals surface area contributed by atoms with Gasteiger partial charge in [-0.3, -0.25) is 0 Å². The Hall–Kier alpha value is -2.81. The molecule has 1 unspecified atom stereocenters. The second kappa shape index (κ2) is 6.36. The molecule has 3 rings (SSSR count). The molecule has 1 aliphatic rings. The number of nitrogen functional groups attached to an aromatic ring is 2. The van der Waals surface area contributed by atoms with Gasteiger partial charge >= 0.3 is 6.16 Å². The van der Waals surface area contributed by atoms with Crippen molar-refractivity contribution >= 4 is 35.1 Å². The minimum atomic E-state index is -0.770. The quantitative estimate of drug-likeness (QED) is 0.724. The highest BCUT2D eigenvalue weighted by molar-refractivity contribution is 7.10. The summed E-state index contributed by atoms with van der Waals surface area (Å²) >= 11 is 1.52. The molecule has 0 fully saturated rings. The van der Waals surface area contributed by atoms with E-state index in [0.717, 1.165) is 4.88 Å².